The van der Waals surface area contributed by atoms with Crippen LogP contribution in [-0.4, -0.2) is 30.3 Å². The Bertz CT molecular complexity index is 507. The average molecular weight is 291 g/mol. The monoisotopic (exact) mass is 291 g/mol. The maximum atomic E-state index is 11.8. The van der Waals surface area contributed by atoms with Crippen LogP contribution in [-0.2, 0) is 4.79 Å². The second-order valence-corrected chi connectivity index (χ2v) is 5.54. The van der Waals surface area contributed by atoms with Crippen molar-refractivity contribution in [1.82, 2.24) is 5.32 Å². The minimum Gasteiger partial charge on any atom is -0.496 e. The molecule has 0 aromatic heterocycles. The molecule has 0 aliphatic carbocycles. The molecule has 21 heavy (non-hydrogen) atoms. The van der Waals surface area contributed by atoms with Gasteiger partial charge < -0.3 is 15.2 Å². The lowest BCUT2D eigenvalue weighted by Gasteiger charge is -2.22. The van der Waals surface area contributed by atoms with Crippen molar-refractivity contribution in [2.75, 3.05) is 13.7 Å². The summed E-state index contributed by atoms with van der Waals surface area (Å²) in [5.41, 5.74) is 1.09. The van der Waals surface area contributed by atoms with Gasteiger partial charge in [0.25, 0.3) is 0 Å². The molecular weight excluding hydrogens is 266 g/mol. The van der Waals surface area contributed by atoms with Crippen LogP contribution in [0.5, 0.6) is 5.75 Å². The van der Waals surface area contributed by atoms with Crippen LogP contribution in [0.15, 0.2) is 24.3 Å². The first kappa shape index (κ1) is 17.2. The van der Waals surface area contributed by atoms with Gasteiger partial charge in [-0.15, -0.1) is 0 Å². The van der Waals surface area contributed by atoms with Crippen LogP contribution < -0.4 is 10.1 Å². The van der Waals surface area contributed by atoms with Crippen LogP contribution in [0.1, 0.15) is 37.8 Å². The molecule has 4 nitrogen and oxygen atoms in total. The number of aliphatic hydroxyl groups is 1. The van der Waals surface area contributed by atoms with Crippen molar-refractivity contribution < 1.29 is 14.6 Å². The van der Waals surface area contributed by atoms with Crippen molar-refractivity contribution in [3.05, 3.63) is 35.4 Å². The molecule has 1 atom stereocenters. The summed E-state index contributed by atoms with van der Waals surface area (Å²) in [4.78, 5) is 11.8. The van der Waals surface area contributed by atoms with Crippen molar-refractivity contribution in [3.63, 3.8) is 0 Å². The number of aryl methyl sites for hydroxylation is 1. The summed E-state index contributed by atoms with van der Waals surface area (Å²) in [6.45, 7) is 5.96. The van der Waals surface area contributed by atoms with Crippen molar-refractivity contribution >= 4 is 12.0 Å². The van der Waals surface area contributed by atoms with E-state index in [9.17, 15) is 9.90 Å². The van der Waals surface area contributed by atoms with Gasteiger partial charge in [0.2, 0.25) is 5.91 Å². The highest BCUT2D eigenvalue weighted by Gasteiger charge is 2.19. The Morgan fingerprint density at radius 3 is 2.81 bits per heavy atom. The van der Waals surface area contributed by atoms with E-state index in [1.54, 1.807) is 20.1 Å². The predicted octanol–water partition coefficient (Wildman–Crippen LogP) is 2.68. The van der Waals surface area contributed by atoms with E-state index in [-0.39, 0.29) is 12.5 Å². The van der Waals surface area contributed by atoms with E-state index in [1.165, 1.54) is 6.08 Å². The Balaban J connectivity index is 2.64. The van der Waals surface area contributed by atoms with Crippen molar-refractivity contribution in [2.45, 2.75) is 39.2 Å². The number of hydrogen-bond acceptors (Lipinski definition) is 3. The molecule has 0 radical (unpaired) electrons. The molecule has 1 rings (SSSR count). The van der Waals surface area contributed by atoms with E-state index in [4.69, 9.17) is 4.74 Å². The van der Waals surface area contributed by atoms with E-state index in [1.807, 2.05) is 32.0 Å². The summed E-state index contributed by atoms with van der Waals surface area (Å²) in [5, 5.41) is 12.7. The van der Waals surface area contributed by atoms with Crippen LogP contribution >= 0.6 is 0 Å². The fourth-order valence-corrected chi connectivity index (χ4v) is 2.11. The molecule has 0 bridgehead atoms. The number of hydrogen-bond donors (Lipinski definition) is 2. The van der Waals surface area contributed by atoms with Gasteiger partial charge in [-0.2, -0.15) is 0 Å². The summed E-state index contributed by atoms with van der Waals surface area (Å²) in [6.07, 6.45) is 4.71. The molecule has 1 amide bonds. The Hall–Kier alpha value is -1.81. The molecule has 0 spiro atoms. The minimum atomic E-state index is -0.862. The predicted molar refractivity (Wildman–Crippen MR) is 85.3 cm³/mol. The third-order valence-electron chi connectivity index (χ3n) is 3.23. The number of methoxy groups -OCH3 is 1. The average Bonchev–Trinajstić information content (AvgIpc) is 2.43. The number of benzene rings is 1. The first-order chi connectivity index (χ1) is 9.88. The van der Waals surface area contributed by atoms with Crippen LogP contribution in [0.3, 0.4) is 0 Å². The van der Waals surface area contributed by atoms with E-state index in [0.29, 0.717) is 6.42 Å². The van der Waals surface area contributed by atoms with Crippen LogP contribution in [0, 0.1) is 6.92 Å². The summed E-state index contributed by atoms with van der Waals surface area (Å²) < 4.78 is 5.26. The maximum absolute atomic E-state index is 11.8. The summed E-state index contributed by atoms with van der Waals surface area (Å²) in [5.74, 6) is 0.498. The fourth-order valence-electron chi connectivity index (χ4n) is 2.11. The van der Waals surface area contributed by atoms with Gasteiger partial charge in [0, 0.05) is 18.2 Å². The second-order valence-electron chi connectivity index (χ2n) is 5.54. The van der Waals surface area contributed by atoms with Crippen LogP contribution in [0.4, 0.5) is 0 Å². The quantitative estimate of drug-likeness (QED) is 0.759. The number of carbonyl (C=O) groups excluding carboxylic acids is 1. The molecule has 1 unspecified atom stereocenters. The molecule has 2 N–H and O–H groups in total. The lowest BCUT2D eigenvalue weighted by molar-refractivity contribution is -0.117. The third kappa shape index (κ3) is 6.00. The molecule has 0 heterocycles. The van der Waals surface area contributed by atoms with Crippen molar-refractivity contribution in [1.29, 1.82) is 0 Å². The Kier molecular flexibility index (Phi) is 6.43. The second kappa shape index (κ2) is 7.84. The number of rotatable bonds is 7. The highest BCUT2D eigenvalue weighted by atomic mass is 16.5. The lowest BCUT2D eigenvalue weighted by Crippen LogP contribution is -2.39. The summed E-state index contributed by atoms with van der Waals surface area (Å²) in [7, 11) is 1.60. The van der Waals surface area contributed by atoms with Gasteiger partial charge in [0.05, 0.1) is 12.7 Å². The van der Waals surface area contributed by atoms with E-state index < -0.39 is 5.60 Å². The Labute approximate surface area is 126 Å². The van der Waals surface area contributed by atoms with Gasteiger partial charge >= 0.3 is 0 Å². The van der Waals surface area contributed by atoms with E-state index in [0.717, 1.165) is 23.3 Å². The van der Waals surface area contributed by atoms with Crippen LogP contribution in [0.2, 0.25) is 0 Å². The molecule has 116 valence electrons. The molecule has 0 aliphatic heterocycles. The van der Waals surface area contributed by atoms with Gasteiger partial charge in [0.15, 0.2) is 0 Å². The van der Waals surface area contributed by atoms with Gasteiger partial charge in [-0.05, 0) is 38.5 Å². The van der Waals surface area contributed by atoms with Gasteiger partial charge in [-0.3, -0.25) is 4.79 Å². The van der Waals surface area contributed by atoms with Gasteiger partial charge in [0.1, 0.15) is 5.75 Å². The minimum absolute atomic E-state index is 0.227. The molecule has 0 saturated heterocycles. The highest BCUT2D eigenvalue weighted by molar-refractivity contribution is 5.92. The molecule has 0 aliphatic rings. The SMILES string of the molecule is CCCC(C)(O)CNC(=O)/C=C/c1cc(C)ccc1OC. The highest BCUT2D eigenvalue weighted by Crippen LogP contribution is 2.20. The molecule has 0 fully saturated rings. The molecule has 4 heteroatoms. The molecule has 1 aromatic rings. The van der Waals surface area contributed by atoms with Gasteiger partial charge in [-0.25, -0.2) is 0 Å². The topological polar surface area (TPSA) is 58.6 Å². The Morgan fingerprint density at radius 2 is 2.19 bits per heavy atom. The molecular formula is C17H25NO3. The molecule has 0 saturated carbocycles. The zero-order chi connectivity index (χ0) is 15.9. The maximum Gasteiger partial charge on any atom is 0.244 e. The summed E-state index contributed by atoms with van der Waals surface area (Å²) in [6, 6.07) is 5.78. The van der Waals surface area contributed by atoms with E-state index in [2.05, 4.69) is 5.32 Å². The number of nitrogens with one attached hydrogen (secondary N) is 1. The standard InChI is InChI=1S/C17H25NO3/c1-5-10-17(3,20)12-18-16(19)9-7-14-11-13(2)6-8-15(14)21-4/h6-9,11,20H,5,10,12H2,1-4H3,(H,18,19)/b9-7+. The first-order valence-electron chi connectivity index (χ1n) is 7.21. The number of amides is 1. The number of carbonyl (C=O) groups is 1. The van der Waals surface area contributed by atoms with Crippen LogP contribution in [0.25, 0.3) is 6.08 Å². The zero-order valence-electron chi connectivity index (χ0n) is 13.3. The van der Waals surface area contributed by atoms with Crippen molar-refractivity contribution in [3.8, 4) is 5.75 Å². The normalized spacial score (nSPS) is 14.0. The number of ether oxygens (including phenoxy) is 1. The van der Waals surface area contributed by atoms with Crippen molar-refractivity contribution in [2.24, 2.45) is 0 Å². The molecule has 1 aromatic carbocycles. The lowest BCUT2D eigenvalue weighted by atomic mass is 10.0. The summed E-state index contributed by atoms with van der Waals surface area (Å²) >= 11 is 0. The Morgan fingerprint density at radius 1 is 1.48 bits per heavy atom. The zero-order valence-corrected chi connectivity index (χ0v) is 13.3. The van der Waals surface area contributed by atoms with Gasteiger partial charge in [-0.1, -0.05) is 25.0 Å². The van der Waals surface area contributed by atoms with E-state index >= 15 is 0 Å². The fraction of sp³-hybridized carbons (Fsp3) is 0.471. The smallest absolute Gasteiger partial charge is 0.244 e. The largest absolute Gasteiger partial charge is 0.496 e. The first-order valence-corrected chi connectivity index (χ1v) is 7.21. The third-order valence-corrected chi connectivity index (χ3v) is 3.23.